The van der Waals surface area contributed by atoms with Crippen LogP contribution in [0, 0.1) is 11.8 Å². The first-order chi connectivity index (χ1) is 27.6. The van der Waals surface area contributed by atoms with Crippen molar-refractivity contribution in [3.05, 3.63) is 0 Å². The maximum atomic E-state index is 13.2. The summed E-state index contributed by atoms with van der Waals surface area (Å²) in [6.45, 7) is 10.2. The maximum Gasteiger partial charge on any atom is 0.328 e. The van der Waals surface area contributed by atoms with Gasteiger partial charge in [0.2, 0.25) is 53.2 Å². The second-order valence-corrected chi connectivity index (χ2v) is 14.8. The Hall–Kier alpha value is -5.50. The Bertz CT molecular complexity index is 1540. The summed E-state index contributed by atoms with van der Waals surface area (Å²) in [6.07, 6.45) is -6.40. The standard InChI is InChI=1S/C35H62N10O15/c1-13(2)23(36)30(54)38-10-20(50)37-11-21(51)40-15(5)29(53)42-26(17(7)47)33(57)44-27(18(8)48)34(58)43-25(16(6)46)31(55)39-12-22(52)41-24(14(3)4)32(56)45-28(19(9)49)35(59)60/h13-19,23-28,46-49H,10-12,36H2,1-9H3,(H,37,50)(H,38,54)(H,39,55)(H,40,51)(H,41,52)(H,42,53)(H,43,58)(H,44,57)(H,45,56)(H,59,60)/t15-,16+,17+,18+,19+,23-,24-,25-,26-,27-,28-/m0/s1. The van der Waals surface area contributed by atoms with Gasteiger partial charge in [0.1, 0.15) is 30.2 Å². The number of amides is 9. The summed E-state index contributed by atoms with van der Waals surface area (Å²) in [7, 11) is 0. The second kappa shape index (κ2) is 25.9. The van der Waals surface area contributed by atoms with E-state index in [0.29, 0.717) is 0 Å². The maximum absolute atomic E-state index is 13.2. The number of carboxylic acids is 1. The summed E-state index contributed by atoms with van der Waals surface area (Å²) < 4.78 is 0. The van der Waals surface area contributed by atoms with E-state index in [4.69, 9.17) is 5.73 Å². The molecule has 60 heavy (non-hydrogen) atoms. The SMILES string of the molecule is CC(C)[C@H](N)C(=O)NCC(=O)NCC(=O)N[C@@H](C)C(=O)N[C@H](C(=O)N[C@H](C(=O)N[C@H](C(=O)NCC(=O)N[C@H](C(=O)N[C@H](C(=O)O)[C@@H](C)O)C(C)C)[C@@H](C)O)[C@@H](C)O)[C@@H](C)O. The zero-order valence-electron chi connectivity index (χ0n) is 35.0. The van der Waals surface area contributed by atoms with Crippen LogP contribution in [0.3, 0.4) is 0 Å². The van der Waals surface area contributed by atoms with Gasteiger partial charge in [-0.05, 0) is 46.5 Å². The summed E-state index contributed by atoms with van der Waals surface area (Å²) in [5.74, 6) is -10.9. The summed E-state index contributed by atoms with van der Waals surface area (Å²) in [6, 6.07) is -10.6. The Morgan fingerprint density at radius 1 is 0.400 bits per heavy atom. The van der Waals surface area contributed by atoms with Crippen molar-refractivity contribution in [2.45, 2.75) is 129 Å². The lowest BCUT2D eigenvalue weighted by Gasteiger charge is -2.28. The van der Waals surface area contributed by atoms with Gasteiger partial charge < -0.3 is 79.1 Å². The molecule has 0 saturated heterocycles. The molecule has 0 spiro atoms. The molecule has 25 heteroatoms. The number of aliphatic hydroxyl groups is 4. The topological polar surface area (TPSA) is 406 Å². The molecule has 0 aromatic heterocycles. The van der Waals surface area contributed by atoms with Crippen LogP contribution in [0.1, 0.15) is 62.3 Å². The van der Waals surface area contributed by atoms with Gasteiger partial charge in [-0.2, -0.15) is 0 Å². The first-order valence-corrected chi connectivity index (χ1v) is 19.0. The Labute approximate surface area is 346 Å². The third kappa shape index (κ3) is 19.0. The average Bonchev–Trinajstić information content (AvgIpc) is 3.14. The fourth-order valence-corrected chi connectivity index (χ4v) is 4.84. The Balaban J connectivity index is 5.49. The molecule has 342 valence electrons. The van der Waals surface area contributed by atoms with Crippen LogP contribution < -0.4 is 53.6 Å². The highest BCUT2D eigenvalue weighted by molar-refractivity contribution is 5.97. The van der Waals surface area contributed by atoms with Crippen LogP contribution in [0.2, 0.25) is 0 Å². The molecule has 11 atom stereocenters. The summed E-state index contributed by atoms with van der Waals surface area (Å²) in [5.41, 5.74) is 5.70. The fourth-order valence-electron chi connectivity index (χ4n) is 4.84. The molecule has 0 aliphatic rings. The number of aliphatic hydroxyl groups excluding tert-OH is 4. The highest BCUT2D eigenvalue weighted by Crippen LogP contribution is 2.05. The zero-order chi connectivity index (χ0) is 46.8. The highest BCUT2D eigenvalue weighted by atomic mass is 16.4. The van der Waals surface area contributed by atoms with E-state index in [1.165, 1.54) is 20.8 Å². The van der Waals surface area contributed by atoms with E-state index in [2.05, 4.69) is 47.9 Å². The van der Waals surface area contributed by atoms with E-state index in [-0.39, 0.29) is 5.92 Å². The highest BCUT2D eigenvalue weighted by Gasteiger charge is 2.36. The molecule has 9 amide bonds. The minimum absolute atomic E-state index is 0.187. The first kappa shape index (κ1) is 54.5. The molecule has 0 aliphatic carbocycles. The lowest BCUT2D eigenvalue weighted by Crippen LogP contribution is -2.63. The lowest BCUT2D eigenvalue weighted by atomic mass is 10.0. The number of carbonyl (C=O) groups is 10. The van der Waals surface area contributed by atoms with E-state index in [0.717, 1.165) is 27.7 Å². The monoisotopic (exact) mass is 862 g/mol. The van der Waals surface area contributed by atoms with Gasteiger partial charge in [-0.3, -0.25) is 43.2 Å². The number of carboxylic acid groups (broad SMARTS) is 1. The number of carbonyl (C=O) groups excluding carboxylic acids is 9. The molecule has 0 aliphatic heterocycles. The fraction of sp³-hybridized carbons (Fsp3) is 0.714. The predicted molar refractivity (Wildman–Crippen MR) is 208 cm³/mol. The molecule has 0 rings (SSSR count). The normalized spacial score (nSPS) is 16.7. The van der Waals surface area contributed by atoms with Gasteiger partial charge in [-0.25, -0.2) is 4.79 Å². The molecule has 0 unspecified atom stereocenters. The second-order valence-electron chi connectivity index (χ2n) is 14.8. The summed E-state index contributed by atoms with van der Waals surface area (Å²) >= 11 is 0. The van der Waals surface area contributed by atoms with Crippen molar-refractivity contribution in [3.8, 4) is 0 Å². The first-order valence-electron chi connectivity index (χ1n) is 19.0. The van der Waals surface area contributed by atoms with Crippen LogP contribution in [-0.2, 0) is 47.9 Å². The summed E-state index contributed by atoms with van der Waals surface area (Å²) in [4.78, 5) is 125. The van der Waals surface area contributed by atoms with E-state index in [9.17, 15) is 73.5 Å². The van der Waals surface area contributed by atoms with Gasteiger partial charge in [0.05, 0.1) is 50.1 Å². The number of aliphatic carboxylic acids is 1. The van der Waals surface area contributed by atoms with Gasteiger partial charge in [-0.15, -0.1) is 0 Å². The molecule has 0 heterocycles. The molecule has 0 radical (unpaired) electrons. The Kier molecular flexibility index (Phi) is 23.5. The zero-order valence-corrected chi connectivity index (χ0v) is 35.0. The van der Waals surface area contributed by atoms with Crippen LogP contribution in [0.5, 0.6) is 0 Å². The summed E-state index contributed by atoms with van der Waals surface area (Å²) in [5, 5.41) is 69.7. The predicted octanol–water partition coefficient (Wildman–Crippen LogP) is -7.49. The Morgan fingerprint density at radius 2 is 0.750 bits per heavy atom. The minimum atomic E-state index is -1.86. The number of rotatable bonds is 25. The van der Waals surface area contributed by atoms with Crippen molar-refractivity contribution in [1.29, 1.82) is 0 Å². The lowest BCUT2D eigenvalue weighted by molar-refractivity contribution is -0.145. The largest absolute Gasteiger partial charge is 0.480 e. The van der Waals surface area contributed by atoms with Crippen molar-refractivity contribution >= 4 is 59.1 Å². The van der Waals surface area contributed by atoms with E-state index in [1.807, 2.05) is 0 Å². The van der Waals surface area contributed by atoms with Gasteiger partial charge in [0, 0.05) is 0 Å². The molecule has 16 N–H and O–H groups in total. The molecule has 0 saturated carbocycles. The van der Waals surface area contributed by atoms with E-state index >= 15 is 0 Å². The van der Waals surface area contributed by atoms with Gasteiger partial charge in [0.25, 0.3) is 0 Å². The van der Waals surface area contributed by atoms with Crippen LogP contribution in [0.15, 0.2) is 0 Å². The Morgan fingerprint density at radius 3 is 1.17 bits per heavy atom. The number of nitrogens with one attached hydrogen (secondary N) is 9. The molecule has 0 aromatic rings. The third-order valence-electron chi connectivity index (χ3n) is 8.58. The van der Waals surface area contributed by atoms with Crippen molar-refractivity contribution < 1.29 is 73.5 Å². The van der Waals surface area contributed by atoms with Crippen LogP contribution in [0.25, 0.3) is 0 Å². The molecular formula is C35H62N10O15. The van der Waals surface area contributed by atoms with Crippen LogP contribution >= 0.6 is 0 Å². The molecule has 0 aromatic carbocycles. The minimum Gasteiger partial charge on any atom is -0.480 e. The number of hydrogen-bond donors (Lipinski definition) is 15. The average molecular weight is 863 g/mol. The van der Waals surface area contributed by atoms with Crippen molar-refractivity contribution in [1.82, 2.24) is 47.9 Å². The van der Waals surface area contributed by atoms with Gasteiger partial charge in [0.15, 0.2) is 6.04 Å². The molecule has 25 nitrogen and oxygen atoms in total. The van der Waals surface area contributed by atoms with Gasteiger partial charge >= 0.3 is 5.97 Å². The molecule has 0 fully saturated rings. The van der Waals surface area contributed by atoms with E-state index in [1.54, 1.807) is 13.8 Å². The molecular weight excluding hydrogens is 800 g/mol. The van der Waals surface area contributed by atoms with Crippen LogP contribution in [-0.4, -0.2) is 171 Å². The van der Waals surface area contributed by atoms with Gasteiger partial charge in [-0.1, -0.05) is 27.7 Å². The van der Waals surface area contributed by atoms with Crippen molar-refractivity contribution in [2.24, 2.45) is 17.6 Å². The van der Waals surface area contributed by atoms with E-state index < -0.39 is 151 Å². The van der Waals surface area contributed by atoms with Crippen molar-refractivity contribution in [3.63, 3.8) is 0 Å². The smallest absolute Gasteiger partial charge is 0.328 e. The number of nitrogens with two attached hydrogens (primary N) is 1. The quantitative estimate of drug-likeness (QED) is 0.0405. The third-order valence-corrected chi connectivity index (χ3v) is 8.58. The van der Waals surface area contributed by atoms with Crippen LogP contribution in [0.4, 0.5) is 0 Å². The molecule has 0 bridgehead atoms. The van der Waals surface area contributed by atoms with Crippen molar-refractivity contribution in [2.75, 3.05) is 19.6 Å². The number of hydrogen-bond acceptors (Lipinski definition) is 15.